The fraction of sp³-hybridized carbons (Fsp3) is 0.600. The summed E-state index contributed by atoms with van der Waals surface area (Å²) in [6.07, 6.45) is 4.89. The van der Waals surface area contributed by atoms with Gasteiger partial charge in [-0.2, -0.15) is 0 Å². The second kappa shape index (κ2) is 10.8. The monoisotopic (exact) mass is 334 g/mol. The highest BCUT2D eigenvalue weighted by molar-refractivity contribution is 5.95. The third-order valence-electron chi connectivity index (χ3n) is 3.68. The summed E-state index contributed by atoms with van der Waals surface area (Å²) in [4.78, 5) is 24.2. The van der Waals surface area contributed by atoms with Crippen LogP contribution >= 0.6 is 0 Å². The molecule has 1 rings (SSSR count). The van der Waals surface area contributed by atoms with Crippen LogP contribution < -0.4 is 0 Å². The van der Waals surface area contributed by atoms with Crippen LogP contribution in [0.2, 0.25) is 0 Å². The molecule has 4 heteroatoms. The zero-order valence-corrected chi connectivity index (χ0v) is 15.3. The molecule has 4 nitrogen and oxygen atoms in total. The number of hydrogen-bond acceptors (Lipinski definition) is 4. The number of hydrogen-bond donors (Lipinski definition) is 0. The topological polar surface area (TPSA) is 52.6 Å². The Hall–Kier alpha value is -1.84. The normalized spacial score (nSPS) is 12.0. The van der Waals surface area contributed by atoms with Gasteiger partial charge in [-0.15, -0.1) is 0 Å². The Morgan fingerprint density at radius 3 is 2.29 bits per heavy atom. The fourth-order valence-corrected chi connectivity index (χ4v) is 2.51. The maximum atomic E-state index is 12.2. The Balaban J connectivity index is 2.55. The third kappa shape index (κ3) is 7.62. The molecule has 1 aromatic rings. The van der Waals surface area contributed by atoms with Gasteiger partial charge in [0.2, 0.25) is 0 Å². The Labute approximate surface area is 145 Å². The molecule has 0 aliphatic carbocycles. The van der Waals surface area contributed by atoms with Crippen molar-refractivity contribution in [2.24, 2.45) is 5.92 Å². The molecule has 0 saturated heterocycles. The summed E-state index contributed by atoms with van der Waals surface area (Å²) in [5, 5.41) is 0. The summed E-state index contributed by atoms with van der Waals surface area (Å²) in [6.45, 7) is 8.60. The van der Waals surface area contributed by atoms with Gasteiger partial charge < -0.3 is 9.47 Å². The zero-order valence-electron chi connectivity index (χ0n) is 15.3. The lowest BCUT2D eigenvalue weighted by Gasteiger charge is -2.15. The highest BCUT2D eigenvalue weighted by atomic mass is 16.5. The van der Waals surface area contributed by atoms with Gasteiger partial charge in [0.25, 0.3) is 0 Å². The van der Waals surface area contributed by atoms with Gasteiger partial charge in [-0.3, -0.25) is 0 Å². The third-order valence-corrected chi connectivity index (χ3v) is 3.68. The van der Waals surface area contributed by atoms with Crippen molar-refractivity contribution in [3.05, 3.63) is 35.4 Å². The van der Waals surface area contributed by atoms with E-state index in [9.17, 15) is 9.59 Å². The van der Waals surface area contributed by atoms with Gasteiger partial charge in [0.15, 0.2) is 0 Å². The van der Waals surface area contributed by atoms with Crippen molar-refractivity contribution >= 4 is 11.9 Å². The number of esters is 2. The zero-order chi connectivity index (χ0) is 17.9. The van der Waals surface area contributed by atoms with Crippen molar-refractivity contribution in [2.75, 3.05) is 6.61 Å². The van der Waals surface area contributed by atoms with Gasteiger partial charge in [0.05, 0.1) is 23.8 Å². The van der Waals surface area contributed by atoms with Crippen molar-refractivity contribution in [2.45, 2.75) is 65.9 Å². The van der Waals surface area contributed by atoms with Crippen LogP contribution in [0.25, 0.3) is 0 Å². The summed E-state index contributed by atoms with van der Waals surface area (Å²) in [5.41, 5.74) is 0.766. The SMILES string of the molecule is CCCCCCOC(=O)c1cccc(C(=O)OC(C)CC(C)C)c1. The van der Waals surface area contributed by atoms with E-state index in [0.717, 1.165) is 32.1 Å². The van der Waals surface area contributed by atoms with Crippen LogP contribution in [0.1, 0.15) is 80.5 Å². The van der Waals surface area contributed by atoms with E-state index in [0.29, 0.717) is 23.7 Å². The Morgan fingerprint density at radius 1 is 1.00 bits per heavy atom. The largest absolute Gasteiger partial charge is 0.462 e. The lowest BCUT2D eigenvalue weighted by Crippen LogP contribution is -2.17. The van der Waals surface area contributed by atoms with Crippen LogP contribution in [0.3, 0.4) is 0 Å². The molecule has 0 amide bonds. The molecule has 0 N–H and O–H groups in total. The van der Waals surface area contributed by atoms with Crippen molar-refractivity contribution < 1.29 is 19.1 Å². The number of ether oxygens (including phenoxy) is 2. The second-order valence-electron chi connectivity index (χ2n) is 6.62. The van der Waals surface area contributed by atoms with Gasteiger partial charge in [0, 0.05) is 0 Å². The van der Waals surface area contributed by atoms with E-state index in [-0.39, 0.29) is 6.10 Å². The van der Waals surface area contributed by atoms with Gasteiger partial charge in [0.1, 0.15) is 0 Å². The molecular formula is C20H30O4. The Morgan fingerprint density at radius 2 is 1.67 bits per heavy atom. The van der Waals surface area contributed by atoms with E-state index in [2.05, 4.69) is 20.8 Å². The van der Waals surface area contributed by atoms with E-state index in [1.807, 2.05) is 6.92 Å². The molecule has 0 spiro atoms. The van der Waals surface area contributed by atoms with Crippen LogP contribution in [0, 0.1) is 5.92 Å². The number of benzene rings is 1. The average Bonchev–Trinajstić information content (AvgIpc) is 2.53. The van der Waals surface area contributed by atoms with Crippen molar-refractivity contribution in [1.82, 2.24) is 0 Å². The Kier molecular flexibility index (Phi) is 9.13. The van der Waals surface area contributed by atoms with Crippen molar-refractivity contribution in [3.63, 3.8) is 0 Å². The predicted octanol–water partition coefficient (Wildman–Crippen LogP) is 5.02. The van der Waals surface area contributed by atoms with Crippen LogP contribution in [0.5, 0.6) is 0 Å². The predicted molar refractivity (Wildman–Crippen MR) is 95.2 cm³/mol. The molecule has 134 valence electrons. The molecule has 1 aromatic carbocycles. The average molecular weight is 334 g/mol. The van der Waals surface area contributed by atoms with Gasteiger partial charge in [-0.05, 0) is 43.9 Å². The number of rotatable bonds is 10. The van der Waals surface area contributed by atoms with Gasteiger partial charge in [-0.25, -0.2) is 9.59 Å². The second-order valence-corrected chi connectivity index (χ2v) is 6.62. The van der Waals surface area contributed by atoms with Crippen LogP contribution in [0.4, 0.5) is 0 Å². The summed E-state index contributed by atoms with van der Waals surface area (Å²) in [7, 11) is 0. The van der Waals surface area contributed by atoms with Crippen LogP contribution in [-0.4, -0.2) is 24.6 Å². The molecule has 0 aliphatic heterocycles. The molecule has 0 bridgehead atoms. The highest BCUT2D eigenvalue weighted by Crippen LogP contribution is 2.13. The van der Waals surface area contributed by atoms with E-state index in [1.54, 1.807) is 24.3 Å². The molecule has 1 unspecified atom stereocenters. The van der Waals surface area contributed by atoms with Crippen molar-refractivity contribution in [3.8, 4) is 0 Å². The molecular weight excluding hydrogens is 304 g/mol. The quantitative estimate of drug-likeness (QED) is 0.445. The standard InChI is InChI=1S/C20H30O4/c1-5-6-7-8-12-23-19(21)17-10-9-11-18(14-17)20(22)24-16(4)13-15(2)3/h9-11,14-16H,5-8,12-13H2,1-4H3. The maximum absolute atomic E-state index is 12.2. The minimum absolute atomic E-state index is 0.147. The van der Waals surface area contributed by atoms with E-state index >= 15 is 0 Å². The molecule has 0 aromatic heterocycles. The molecule has 0 radical (unpaired) electrons. The maximum Gasteiger partial charge on any atom is 0.338 e. The Bertz CT molecular complexity index is 522. The molecule has 0 saturated carbocycles. The summed E-state index contributed by atoms with van der Waals surface area (Å²) in [5.74, 6) is -0.334. The molecule has 0 aliphatic rings. The summed E-state index contributed by atoms with van der Waals surface area (Å²) in [6, 6.07) is 6.53. The lowest BCUT2D eigenvalue weighted by atomic mass is 10.1. The molecule has 24 heavy (non-hydrogen) atoms. The summed E-state index contributed by atoms with van der Waals surface area (Å²) >= 11 is 0. The summed E-state index contributed by atoms with van der Waals surface area (Å²) < 4.78 is 10.7. The van der Waals surface area contributed by atoms with Crippen LogP contribution in [-0.2, 0) is 9.47 Å². The van der Waals surface area contributed by atoms with Gasteiger partial charge >= 0.3 is 11.9 Å². The minimum Gasteiger partial charge on any atom is -0.462 e. The lowest BCUT2D eigenvalue weighted by molar-refractivity contribution is 0.0299. The van der Waals surface area contributed by atoms with E-state index < -0.39 is 11.9 Å². The van der Waals surface area contributed by atoms with E-state index in [4.69, 9.17) is 9.47 Å². The minimum atomic E-state index is -0.402. The highest BCUT2D eigenvalue weighted by Gasteiger charge is 2.15. The van der Waals surface area contributed by atoms with Gasteiger partial charge in [-0.1, -0.05) is 46.1 Å². The van der Waals surface area contributed by atoms with E-state index in [1.165, 1.54) is 0 Å². The number of carbonyl (C=O) groups excluding carboxylic acids is 2. The first-order valence-corrected chi connectivity index (χ1v) is 8.92. The first-order valence-electron chi connectivity index (χ1n) is 8.92. The molecule has 0 fully saturated rings. The molecule has 0 heterocycles. The number of carbonyl (C=O) groups is 2. The fourth-order valence-electron chi connectivity index (χ4n) is 2.51. The van der Waals surface area contributed by atoms with Crippen molar-refractivity contribution in [1.29, 1.82) is 0 Å². The first-order chi connectivity index (χ1) is 11.4. The molecule has 1 atom stereocenters. The first kappa shape index (κ1) is 20.2. The number of unbranched alkanes of at least 4 members (excludes halogenated alkanes) is 3. The smallest absolute Gasteiger partial charge is 0.338 e. The van der Waals surface area contributed by atoms with Crippen LogP contribution in [0.15, 0.2) is 24.3 Å².